The first-order valence-electron chi connectivity index (χ1n) is 5.20. The minimum atomic E-state index is -0.198. The minimum absolute atomic E-state index is 0.198. The van der Waals surface area contributed by atoms with E-state index < -0.39 is 0 Å². The van der Waals surface area contributed by atoms with Crippen molar-refractivity contribution < 1.29 is 4.42 Å². The second kappa shape index (κ2) is 4.79. The molecule has 1 aliphatic rings. The van der Waals surface area contributed by atoms with Crippen LogP contribution in [-0.4, -0.2) is 0 Å². The van der Waals surface area contributed by atoms with E-state index in [1.165, 1.54) is 24.7 Å². The summed E-state index contributed by atoms with van der Waals surface area (Å²) < 4.78 is 4.91. The van der Waals surface area contributed by atoms with Crippen molar-refractivity contribution >= 4 is 15.9 Å². The minimum Gasteiger partial charge on any atom is -0.431 e. The van der Waals surface area contributed by atoms with E-state index in [1.54, 1.807) is 6.07 Å². The van der Waals surface area contributed by atoms with E-state index in [0.717, 1.165) is 18.4 Å². The van der Waals surface area contributed by atoms with Crippen LogP contribution < -0.4 is 5.63 Å². The van der Waals surface area contributed by atoms with Crippen molar-refractivity contribution in [1.29, 1.82) is 0 Å². The number of hydrogen-bond donors (Lipinski definition) is 0. The molecule has 3 heteroatoms. The molecule has 0 radical (unpaired) electrons. The SMILES string of the molecule is O=c1occcc1C1CCCCC1=CBr. The highest BCUT2D eigenvalue weighted by Gasteiger charge is 2.22. The summed E-state index contributed by atoms with van der Waals surface area (Å²) in [5.74, 6) is 0.246. The normalized spacial score (nSPS) is 24.3. The maximum absolute atomic E-state index is 11.6. The number of allylic oxidation sites excluding steroid dienone is 1. The summed E-state index contributed by atoms with van der Waals surface area (Å²) in [5.41, 5.74) is 1.90. The molecule has 0 spiro atoms. The van der Waals surface area contributed by atoms with E-state index in [4.69, 9.17) is 4.42 Å². The van der Waals surface area contributed by atoms with Crippen molar-refractivity contribution in [1.82, 2.24) is 0 Å². The van der Waals surface area contributed by atoms with E-state index in [-0.39, 0.29) is 11.5 Å². The number of hydrogen-bond acceptors (Lipinski definition) is 2. The molecule has 1 fully saturated rings. The summed E-state index contributed by atoms with van der Waals surface area (Å²) in [4.78, 5) is 13.5. The van der Waals surface area contributed by atoms with Crippen molar-refractivity contribution in [2.24, 2.45) is 0 Å². The largest absolute Gasteiger partial charge is 0.431 e. The topological polar surface area (TPSA) is 30.2 Å². The Hall–Kier alpha value is -0.830. The Labute approximate surface area is 97.1 Å². The van der Waals surface area contributed by atoms with Gasteiger partial charge >= 0.3 is 5.63 Å². The Kier molecular flexibility index (Phi) is 3.41. The average Bonchev–Trinajstić information content (AvgIpc) is 2.30. The van der Waals surface area contributed by atoms with Gasteiger partial charge in [0.1, 0.15) is 0 Å². The molecule has 0 saturated heterocycles. The standard InChI is InChI=1S/C12H13BrO2/c13-8-9-4-1-2-5-10(9)11-6-3-7-15-12(11)14/h3,6-8,10H,1-2,4-5H2. The zero-order chi connectivity index (χ0) is 10.7. The summed E-state index contributed by atoms with van der Waals surface area (Å²) >= 11 is 3.38. The first kappa shape index (κ1) is 10.7. The fourth-order valence-corrected chi connectivity index (χ4v) is 2.71. The van der Waals surface area contributed by atoms with E-state index >= 15 is 0 Å². The fraction of sp³-hybridized carbons (Fsp3) is 0.417. The van der Waals surface area contributed by atoms with Crippen molar-refractivity contribution in [3.63, 3.8) is 0 Å². The Bertz CT molecular complexity index is 420. The zero-order valence-corrected chi connectivity index (χ0v) is 10.00. The van der Waals surface area contributed by atoms with Crippen LogP contribution in [0.4, 0.5) is 0 Å². The quantitative estimate of drug-likeness (QED) is 0.780. The maximum atomic E-state index is 11.6. The van der Waals surface area contributed by atoms with Crippen LogP contribution in [0.1, 0.15) is 37.2 Å². The molecule has 0 amide bonds. The monoisotopic (exact) mass is 268 g/mol. The van der Waals surface area contributed by atoms with Gasteiger partial charge in [0.15, 0.2) is 0 Å². The molecule has 0 aromatic carbocycles. The Morgan fingerprint density at radius 2 is 2.33 bits per heavy atom. The van der Waals surface area contributed by atoms with Gasteiger partial charge in [-0.3, -0.25) is 0 Å². The van der Waals surface area contributed by atoms with Crippen molar-refractivity contribution in [3.05, 3.63) is 44.9 Å². The molecular weight excluding hydrogens is 256 g/mol. The van der Waals surface area contributed by atoms with Crippen LogP contribution in [-0.2, 0) is 0 Å². The highest BCUT2D eigenvalue weighted by atomic mass is 79.9. The summed E-state index contributed by atoms with van der Waals surface area (Å²) in [5, 5.41) is 0. The number of halogens is 1. The van der Waals surface area contributed by atoms with Crippen LogP contribution in [0.3, 0.4) is 0 Å². The van der Waals surface area contributed by atoms with Gasteiger partial charge in [-0.1, -0.05) is 27.9 Å². The molecule has 0 bridgehead atoms. The molecule has 15 heavy (non-hydrogen) atoms. The second-order valence-corrected chi connectivity index (χ2v) is 4.30. The summed E-state index contributed by atoms with van der Waals surface area (Å²) in [6.07, 6.45) is 5.96. The molecule has 80 valence electrons. The van der Waals surface area contributed by atoms with Gasteiger partial charge in [0, 0.05) is 11.5 Å². The summed E-state index contributed by atoms with van der Waals surface area (Å²) in [7, 11) is 0. The van der Waals surface area contributed by atoms with Crippen LogP contribution in [0.25, 0.3) is 0 Å². The van der Waals surface area contributed by atoms with Crippen molar-refractivity contribution in [2.75, 3.05) is 0 Å². The van der Waals surface area contributed by atoms with Crippen molar-refractivity contribution in [2.45, 2.75) is 31.6 Å². The van der Waals surface area contributed by atoms with Crippen LogP contribution in [0.15, 0.2) is 38.2 Å². The Morgan fingerprint density at radius 1 is 1.47 bits per heavy atom. The van der Waals surface area contributed by atoms with E-state index in [0.29, 0.717) is 0 Å². The molecule has 1 aliphatic carbocycles. The summed E-state index contributed by atoms with van der Waals surface area (Å²) in [6.45, 7) is 0. The van der Waals surface area contributed by atoms with Gasteiger partial charge in [0.05, 0.1) is 6.26 Å². The van der Waals surface area contributed by atoms with E-state index in [9.17, 15) is 4.79 Å². The molecule has 0 N–H and O–H groups in total. The maximum Gasteiger partial charge on any atom is 0.339 e. The van der Waals surface area contributed by atoms with Gasteiger partial charge < -0.3 is 4.42 Å². The molecule has 1 unspecified atom stereocenters. The van der Waals surface area contributed by atoms with Gasteiger partial charge in [-0.15, -0.1) is 0 Å². The predicted molar refractivity (Wildman–Crippen MR) is 63.2 cm³/mol. The van der Waals surface area contributed by atoms with Gasteiger partial charge in [-0.05, 0) is 36.4 Å². The first-order chi connectivity index (χ1) is 7.33. The van der Waals surface area contributed by atoms with Crippen LogP contribution >= 0.6 is 15.9 Å². The van der Waals surface area contributed by atoms with Gasteiger partial charge in [0.2, 0.25) is 0 Å². The van der Waals surface area contributed by atoms with Gasteiger partial charge in [0.25, 0.3) is 0 Å². The van der Waals surface area contributed by atoms with E-state index in [2.05, 4.69) is 15.9 Å². The summed E-state index contributed by atoms with van der Waals surface area (Å²) in [6, 6.07) is 3.66. The third kappa shape index (κ3) is 2.23. The third-order valence-corrected chi connectivity index (χ3v) is 3.52. The first-order valence-corrected chi connectivity index (χ1v) is 6.11. The Morgan fingerprint density at radius 3 is 3.07 bits per heavy atom. The molecule has 1 aromatic heterocycles. The number of rotatable bonds is 1. The molecule has 2 nitrogen and oxygen atoms in total. The highest BCUT2D eigenvalue weighted by molar-refractivity contribution is 9.11. The van der Waals surface area contributed by atoms with Crippen LogP contribution in [0.2, 0.25) is 0 Å². The lowest BCUT2D eigenvalue weighted by atomic mass is 9.81. The zero-order valence-electron chi connectivity index (χ0n) is 8.41. The molecule has 2 rings (SSSR count). The van der Waals surface area contributed by atoms with Crippen LogP contribution in [0, 0.1) is 0 Å². The molecule has 0 aliphatic heterocycles. The van der Waals surface area contributed by atoms with Crippen LogP contribution in [0.5, 0.6) is 0 Å². The predicted octanol–water partition coefficient (Wildman–Crippen LogP) is 3.58. The smallest absolute Gasteiger partial charge is 0.339 e. The lowest BCUT2D eigenvalue weighted by molar-refractivity contribution is 0.475. The van der Waals surface area contributed by atoms with E-state index in [1.807, 2.05) is 11.1 Å². The molecule has 1 saturated carbocycles. The molecular formula is C12H13BrO2. The lowest BCUT2D eigenvalue weighted by Gasteiger charge is -2.24. The Balaban J connectivity index is 2.37. The highest BCUT2D eigenvalue weighted by Crippen LogP contribution is 2.36. The molecule has 1 atom stereocenters. The van der Waals surface area contributed by atoms with Gasteiger partial charge in [-0.25, -0.2) is 4.79 Å². The van der Waals surface area contributed by atoms with Crippen molar-refractivity contribution in [3.8, 4) is 0 Å². The second-order valence-electron chi connectivity index (χ2n) is 3.84. The molecule has 1 aromatic rings. The van der Waals surface area contributed by atoms with Gasteiger partial charge in [-0.2, -0.15) is 0 Å². The third-order valence-electron chi connectivity index (χ3n) is 2.94. The lowest BCUT2D eigenvalue weighted by Crippen LogP contribution is -2.16. The molecule has 1 heterocycles. The fourth-order valence-electron chi connectivity index (χ4n) is 2.16. The average molecular weight is 269 g/mol.